The topological polar surface area (TPSA) is 103 Å². The number of carbonyl (C=O) groups excluding carboxylic acids is 2. The molecule has 1 aromatic carbocycles. The minimum atomic E-state index is -0.683. The molecule has 144 valence electrons. The first-order chi connectivity index (χ1) is 13.3. The van der Waals surface area contributed by atoms with Crippen LogP contribution in [0.25, 0.3) is 17.6 Å². The lowest BCUT2D eigenvalue weighted by molar-refractivity contribution is -0.151. The minimum Gasteiger partial charge on any atom is -0.438 e. The maximum atomic E-state index is 13.1. The Balaban J connectivity index is 1.96. The maximum Gasteiger partial charge on any atom is 0.304 e. The zero-order chi connectivity index (χ0) is 20.4. The quantitative estimate of drug-likeness (QED) is 0.521. The van der Waals surface area contributed by atoms with Gasteiger partial charge in [-0.15, -0.1) is 15.0 Å². The molecule has 0 amide bonds. The monoisotopic (exact) mass is 379 g/mol. The Labute approximate surface area is 162 Å². The van der Waals surface area contributed by atoms with E-state index in [1.807, 2.05) is 26.0 Å². The van der Waals surface area contributed by atoms with E-state index in [-0.39, 0.29) is 5.78 Å². The molecule has 1 unspecified atom stereocenters. The van der Waals surface area contributed by atoms with Crippen LogP contribution in [0.15, 0.2) is 30.8 Å². The molecule has 2 heterocycles. The van der Waals surface area contributed by atoms with Crippen molar-refractivity contribution in [3.8, 4) is 11.5 Å². The minimum absolute atomic E-state index is 0.0955. The van der Waals surface area contributed by atoms with Crippen LogP contribution in [0.1, 0.15) is 52.8 Å². The molecular formula is C20H21N5O3. The second-order valence-corrected chi connectivity index (χ2v) is 6.43. The number of tetrazole rings is 1. The summed E-state index contributed by atoms with van der Waals surface area (Å²) in [5, 5.41) is 12.2. The maximum absolute atomic E-state index is 13.1. The number of aryl methyl sites for hydroxylation is 1. The highest BCUT2D eigenvalue weighted by Crippen LogP contribution is 2.27. The molecule has 8 heteroatoms. The second kappa shape index (κ2) is 7.59. The number of esters is 1. The molecule has 0 spiro atoms. The number of aromatic nitrogens is 5. The van der Waals surface area contributed by atoms with Gasteiger partial charge >= 0.3 is 5.97 Å². The summed E-state index contributed by atoms with van der Waals surface area (Å²) in [6, 6.07) is 7.29. The fourth-order valence-corrected chi connectivity index (χ4v) is 3.03. The number of benzene rings is 1. The van der Waals surface area contributed by atoms with Gasteiger partial charge in [0.1, 0.15) is 0 Å². The molecule has 0 fully saturated rings. The summed E-state index contributed by atoms with van der Waals surface area (Å²) < 4.78 is 5.05. The van der Waals surface area contributed by atoms with E-state index in [4.69, 9.17) is 4.74 Å². The molecule has 8 nitrogen and oxygen atoms in total. The fourth-order valence-electron chi connectivity index (χ4n) is 3.03. The van der Waals surface area contributed by atoms with Gasteiger partial charge in [-0.2, -0.15) is 0 Å². The molecule has 0 aliphatic carbocycles. The Kier molecular flexibility index (Phi) is 5.21. The highest BCUT2D eigenvalue weighted by Gasteiger charge is 2.23. The number of aromatic amines is 1. The number of nitrogens with zero attached hydrogens (tertiary/aromatic N) is 4. The van der Waals surface area contributed by atoms with Crippen molar-refractivity contribution >= 4 is 17.8 Å². The lowest BCUT2D eigenvalue weighted by Crippen LogP contribution is -2.15. The van der Waals surface area contributed by atoms with Crippen LogP contribution in [-0.2, 0) is 9.53 Å². The zero-order valence-corrected chi connectivity index (χ0v) is 16.2. The number of nitrogens with one attached hydrogen (secondary N) is 1. The fraction of sp³-hybridized carbons (Fsp3) is 0.250. The molecule has 0 bridgehead atoms. The van der Waals surface area contributed by atoms with Crippen LogP contribution in [0.4, 0.5) is 0 Å². The SMILES string of the molecule is C=Cc1cccc(C(=O)c2c(C)[nH]c(-c3nnn(C(C)OC(C)=O)n3)c2C)c1. The van der Waals surface area contributed by atoms with E-state index in [1.54, 1.807) is 25.1 Å². The van der Waals surface area contributed by atoms with E-state index in [9.17, 15) is 9.59 Å². The van der Waals surface area contributed by atoms with Crippen LogP contribution in [0.5, 0.6) is 0 Å². The molecule has 3 rings (SSSR count). The summed E-state index contributed by atoms with van der Waals surface area (Å²) in [6.45, 7) is 10.4. The number of carbonyl (C=O) groups is 2. The third kappa shape index (κ3) is 3.62. The summed E-state index contributed by atoms with van der Waals surface area (Å²) in [6.07, 6.45) is 1.02. The van der Waals surface area contributed by atoms with E-state index >= 15 is 0 Å². The van der Waals surface area contributed by atoms with E-state index in [0.29, 0.717) is 28.3 Å². The summed E-state index contributed by atoms with van der Waals surface area (Å²) in [4.78, 5) is 28.5. The van der Waals surface area contributed by atoms with E-state index in [2.05, 4.69) is 27.0 Å². The molecule has 2 aromatic heterocycles. The highest BCUT2D eigenvalue weighted by molar-refractivity contribution is 6.11. The first kappa shape index (κ1) is 19.2. The Morgan fingerprint density at radius 2 is 2.07 bits per heavy atom. The van der Waals surface area contributed by atoms with Crippen molar-refractivity contribution < 1.29 is 14.3 Å². The van der Waals surface area contributed by atoms with Crippen molar-refractivity contribution in [3.63, 3.8) is 0 Å². The Hall–Kier alpha value is -3.55. The van der Waals surface area contributed by atoms with Gasteiger partial charge in [-0.05, 0) is 43.2 Å². The smallest absolute Gasteiger partial charge is 0.304 e. The molecule has 0 radical (unpaired) electrons. The van der Waals surface area contributed by atoms with Crippen LogP contribution >= 0.6 is 0 Å². The number of rotatable bonds is 6. The molecule has 1 atom stereocenters. The predicted octanol–water partition coefficient (Wildman–Crippen LogP) is 3.24. The van der Waals surface area contributed by atoms with Crippen molar-refractivity contribution in [1.82, 2.24) is 25.2 Å². The van der Waals surface area contributed by atoms with Crippen LogP contribution in [0, 0.1) is 13.8 Å². The van der Waals surface area contributed by atoms with Gasteiger partial charge < -0.3 is 9.72 Å². The van der Waals surface area contributed by atoms with Crippen molar-refractivity contribution in [1.29, 1.82) is 0 Å². The second-order valence-electron chi connectivity index (χ2n) is 6.43. The van der Waals surface area contributed by atoms with Gasteiger partial charge in [0.05, 0.1) is 5.69 Å². The van der Waals surface area contributed by atoms with Crippen molar-refractivity contribution in [2.45, 2.75) is 33.9 Å². The molecule has 0 saturated carbocycles. The summed E-state index contributed by atoms with van der Waals surface area (Å²) in [7, 11) is 0. The van der Waals surface area contributed by atoms with Gasteiger partial charge in [0.2, 0.25) is 12.1 Å². The van der Waals surface area contributed by atoms with Gasteiger partial charge in [-0.25, -0.2) is 0 Å². The number of hydrogen-bond donors (Lipinski definition) is 1. The first-order valence-corrected chi connectivity index (χ1v) is 8.75. The average molecular weight is 379 g/mol. The van der Waals surface area contributed by atoms with E-state index < -0.39 is 12.2 Å². The van der Waals surface area contributed by atoms with Gasteiger partial charge in [-0.3, -0.25) is 9.59 Å². The standard InChI is InChI=1S/C20H21N5O3/c1-6-15-8-7-9-16(10-15)19(27)17-11(2)18(21-12(17)3)20-22-24-25(23-20)13(4)28-14(5)26/h6-10,13,21H,1H2,2-5H3. The molecule has 28 heavy (non-hydrogen) atoms. The normalized spacial score (nSPS) is 11.9. The number of hydrogen-bond acceptors (Lipinski definition) is 6. The average Bonchev–Trinajstić information content (AvgIpc) is 3.25. The summed E-state index contributed by atoms with van der Waals surface area (Å²) >= 11 is 0. The highest BCUT2D eigenvalue weighted by atomic mass is 16.6. The number of ketones is 1. The van der Waals surface area contributed by atoms with Crippen molar-refractivity contribution in [3.05, 3.63) is 58.8 Å². The Bertz CT molecular complexity index is 1060. The largest absolute Gasteiger partial charge is 0.438 e. The molecule has 0 aliphatic rings. The molecule has 0 aliphatic heterocycles. The third-order valence-electron chi connectivity index (χ3n) is 4.36. The Morgan fingerprint density at radius 3 is 2.75 bits per heavy atom. The zero-order valence-electron chi connectivity index (χ0n) is 16.2. The van der Waals surface area contributed by atoms with E-state index in [1.165, 1.54) is 11.7 Å². The van der Waals surface area contributed by atoms with Crippen LogP contribution < -0.4 is 0 Å². The molecule has 1 N–H and O–H groups in total. The predicted molar refractivity (Wildman–Crippen MR) is 104 cm³/mol. The summed E-state index contributed by atoms with van der Waals surface area (Å²) in [5.41, 5.74) is 4.06. The molecular weight excluding hydrogens is 358 g/mol. The van der Waals surface area contributed by atoms with Gasteiger partial charge in [-0.1, -0.05) is 30.9 Å². The Morgan fingerprint density at radius 1 is 1.32 bits per heavy atom. The number of ether oxygens (including phenoxy) is 1. The molecule has 3 aromatic rings. The van der Waals surface area contributed by atoms with Crippen LogP contribution in [0.3, 0.4) is 0 Å². The van der Waals surface area contributed by atoms with Gasteiger partial charge in [0.15, 0.2) is 5.78 Å². The first-order valence-electron chi connectivity index (χ1n) is 8.75. The van der Waals surface area contributed by atoms with Gasteiger partial charge in [0.25, 0.3) is 0 Å². The lowest BCUT2D eigenvalue weighted by atomic mass is 9.98. The van der Waals surface area contributed by atoms with Crippen molar-refractivity contribution in [2.75, 3.05) is 0 Å². The van der Waals surface area contributed by atoms with E-state index in [0.717, 1.165) is 11.1 Å². The van der Waals surface area contributed by atoms with Crippen molar-refractivity contribution in [2.24, 2.45) is 0 Å². The van der Waals surface area contributed by atoms with Crippen LogP contribution in [0.2, 0.25) is 0 Å². The lowest BCUT2D eigenvalue weighted by Gasteiger charge is -2.08. The third-order valence-corrected chi connectivity index (χ3v) is 4.36. The van der Waals surface area contributed by atoms with Crippen LogP contribution in [-0.4, -0.2) is 36.9 Å². The number of H-pyrrole nitrogens is 1. The molecule has 0 saturated heterocycles. The van der Waals surface area contributed by atoms with Gasteiger partial charge in [0, 0.05) is 23.7 Å². The summed E-state index contributed by atoms with van der Waals surface area (Å²) in [5.74, 6) is -0.215.